The van der Waals surface area contributed by atoms with Crippen LogP contribution in [0.5, 0.6) is 0 Å². The summed E-state index contributed by atoms with van der Waals surface area (Å²) in [6, 6.07) is 7.78. The van der Waals surface area contributed by atoms with Gasteiger partial charge >= 0.3 is 5.97 Å². The molecule has 0 spiro atoms. The molecule has 0 aliphatic carbocycles. The zero-order valence-corrected chi connectivity index (χ0v) is 9.55. The first-order valence-electron chi connectivity index (χ1n) is 4.71. The van der Waals surface area contributed by atoms with E-state index in [4.69, 9.17) is 5.73 Å². The molecule has 1 aromatic carbocycles. The molecule has 4 heteroatoms. The normalized spacial score (nSPS) is 9.93. The third-order valence-electron chi connectivity index (χ3n) is 1.90. The van der Waals surface area contributed by atoms with Crippen LogP contribution in [0.4, 0.5) is 5.69 Å². The van der Waals surface area contributed by atoms with Gasteiger partial charge in [0.2, 0.25) is 0 Å². The van der Waals surface area contributed by atoms with Crippen LogP contribution in [0.2, 0.25) is 0 Å². The molecular formula is C11H15NO2S. The summed E-state index contributed by atoms with van der Waals surface area (Å²) in [5.74, 6) is 1.50. The van der Waals surface area contributed by atoms with Gasteiger partial charge in [-0.2, -0.15) is 11.8 Å². The number of nitrogen functional groups attached to an aromatic ring is 1. The Hall–Kier alpha value is -1.16. The van der Waals surface area contributed by atoms with E-state index in [1.165, 1.54) is 12.7 Å². The third kappa shape index (κ3) is 4.74. The minimum Gasteiger partial charge on any atom is -0.469 e. The molecule has 0 saturated heterocycles. The van der Waals surface area contributed by atoms with Gasteiger partial charge in [0.15, 0.2) is 0 Å². The third-order valence-corrected chi connectivity index (χ3v) is 2.93. The average Bonchev–Trinajstić information content (AvgIpc) is 2.24. The minimum atomic E-state index is -0.157. The SMILES string of the molecule is COC(=O)CCSCc1cccc(N)c1. The summed E-state index contributed by atoms with van der Waals surface area (Å²) in [6.45, 7) is 0. The summed E-state index contributed by atoms with van der Waals surface area (Å²) >= 11 is 1.70. The van der Waals surface area contributed by atoms with E-state index in [9.17, 15) is 4.79 Å². The highest BCUT2D eigenvalue weighted by Gasteiger charge is 2.00. The van der Waals surface area contributed by atoms with Crippen LogP contribution >= 0.6 is 11.8 Å². The standard InChI is InChI=1S/C11H15NO2S/c1-14-11(13)5-6-15-8-9-3-2-4-10(12)7-9/h2-4,7H,5-6,8,12H2,1H3. The van der Waals surface area contributed by atoms with Gasteiger partial charge in [-0.05, 0) is 17.7 Å². The smallest absolute Gasteiger partial charge is 0.306 e. The number of hydrogen-bond acceptors (Lipinski definition) is 4. The number of anilines is 1. The van der Waals surface area contributed by atoms with Gasteiger partial charge < -0.3 is 10.5 Å². The summed E-state index contributed by atoms with van der Waals surface area (Å²) in [6.07, 6.45) is 0.462. The maximum Gasteiger partial charge on any atom is 0.306 e. The highest BCUT2D eigenvalue weighted by Crippen LogP contribution is 2.15. The van der Waals surface area contributed by atoms with Gasteiger partial charge in [-0.1, -0.05) is 12.1 Å². The van der Waals surface area contributed by atoms with Crippen LogP contribution in [0.1, 0.15) is 12.0 Å². The highest BCUT2D eigenvalue weighted by atomic mass is 32.2. The van der Waals surface area contributed by atoms with Crippen LogP contribution in [0.3, 0.4) is 0 Å². The molecule has 0 atom stereocenters. The van der Waals surface area contributed by atoms with Crippen molar-refractivity contribution in [1.82, 2.24) is 0 Å². The first-order valence-corrected chi connectivity index (χ1v) is 5.87. The quantitative estimate of drug-likeness (QED) is 0.473. The molecule has 0 heterocycles. The average molecular weight is 225 g/mol. The predicted molar refractivity (Wildman–Crippen MR) is 63.6 cm³/mol. The number of carbonyl (C=O) groups excluding carboxylic acids is 1. The summed E-state index contributed by atoms with van der Waals surface area (Å²) < 4.78 is 4.55. The van der Waals surface area contributed by atoms with Crippen molar-refractivity contribution < 1.29 is 9.53 Å². The van der Waals surface area contributed by atoms with E-state index in [0.717, 1.165) is 17.2 Å². The second kappa shape index (κ2) is 6.35. The highest BCUT2D eigenvalue weighted by molar-refractivity contribution is 7.98. The summed E-state index contributed by atoms with van der Waals surface area (Å²) in [5.41, 5.74) is 7.61. The molecule has 3 nitrogen and oxygen atoms in total. The summed E-state index contributed by atoms with van der Waals surface area (Å²) in [4.78, 5) is 10.8. The van der Waals surface area contributed by atoms with Crippen molar-refractivity contribution >= 4 is 23.4 Å². The molecule has 0 aliphatic heterocycles. The van der Waals surface area contributed by atoms with Gasteiger partial charge in [0.25, 0.3) is 0 Å². The molecule has 0 fully saturated rings. The predicted octanol–water partition coefficient (Wildman–Crippen LogP) is 2.07. The van der Waals surface area contributed by atoms with E-state index < -0.39 is 0 Å². The van der Waals surface area contributed by atoms with Crippen LogP contribution in [-0.4, -0.2) is 18.8 Å². The fourth-order valence-electron chi connectivity index (χ4n) is 1.13. The molecule has 0 radical (unpaired) electrons. The maximum atomic E-state index is 10.8. The van der Waals surface area contributed by atoms with Crippen LogP contribution in [0.25, 0.3) is 0 Å². The molecule has 82 valence electrons. The lowest BCUT2D eigenvalue weighted by molar-refractivity contribution is -0.140. The first kappa shape index (κ1) is 11.9. The van der Waals surface area contributed by atoms with E-state index in [0.29, 0.717) is 6.42 Å². The van der Waals surface area contributed by atoms with Crippen molar-refractivity contribution in [3.8, 4) is 0 Å². The number of thioether (sulfide) groups is 1. The van der Waals surface area contributed by atoms with Crippen molar-refractivity contribution in [2.24, 2.45) is 0 Å². The Morgan fingerprint density at radius 2 is 2.33 bits per heavy atom. The van der Waals surface area contributed by atoms with Gasteiger partial charge in [0, 0.05) is 17.2 Å². The Kier molecular flexibility index (Phi) is 5.04. The lowest BCUT2D eigenvalue weighted by atomic mass is 10.2. The van der Waals surface area contributed by atoms with Crippen molar-refractivity contribution in [3.63, 3.8) is 0 Å². The molecular weight excluding hydrogens is 210 g/mol. The van der Waals surface area contributed by atoms with E-state index >= 15 is 0 Å². The van der Waals surface area contributed by atoms with Crippen LogP contribution < -0.4 is 5.73 Å². The number of methoxy groups -OCH3 is 1. The number of benzene rings is 1. The largest absolute Gasteiger partial charge is 0.469 e. The lowest BCUT2D eigenvalue weighted by Crippen LogP contribution is -2.01. The van der Waals surface area contributed by atoms with Crippen molar-refractivity contribution in [1.29, 1.82) is 0 Å². The monoisotopic (exact) mass is 225 g/mol. The van der Waals surface area contributed by atoms with Crippen LogP contribution in [0.15, 0.2) is 24.3 Å². The minimum absolute atomic E-state index is 0.157. The van der Waals surface area contributed by atoms with Gasteiger partial charge in [-0.15, -0.1) is 0 Å². The molecule has 0 aliphatic rings. The molecule has 0 amide bonds. The molecule has 1 aromatic rings. The molecule has 0 bridgehead atoms. The molecule has 1 rings (SSSR count). The molecule has 15 heavy (non-hydrogen) atoms. The maximum absolute atomic E-state index is 10.8. The number of rotatable bonds is 5. The van der Waals surface area contributed by atoms with E-state index in [2.05, 4.69) is 4.74 Å². The Balaban J connectivity index is 2.23. The zero-order valence-electron chi connectivity index (χ0n) is 8.73. The summed E-state index contributed by atoms with van der Waals surface area (Å²) in [5, 5.41) is 0. The van der Waals surface area contributed by atoms with Crippen LogP contribution in [-0.2, 0) is 15.3 Å². The summed E-state index contributed by atoms with van der Waals surface area (Å²) in [7, 11) is 1.41. The molecule has 0 aromatic heterocycles. The van der Waals surface area contributed by atoms with E-state index in [1.807, 2.05) is 24.3 Å². The van der Waals surface area contributed by atoms with E-state index in [-0.39, 0.29) is 5.97 Å². The number of nitrogens with two attached hydrogens (primary N) is 1. The Morgan fingerprint density at radius 1 is 1.53 bits per heavy atom. The second-order valence-corrected chi connectivity index (χ2v) is 4.23. The van der Waals surface area contributed by atoms with Gasteiger partial charge in [0.05, 0.1) is 13.5 Å². The lowest BCUT2D eigenvalue weighted by Gasteiger charge is -2.02. The number of hydrogen-bond donors (Lipinski definition) is 1. The second-order valence-electron chi connectivity index (χ2n) is 3.12. The fourth-order valence-corrected chi connectivity index (χ4v) is 2.00. The first-order chi connectivity index (χ1) is 7.22. The Bertz CT molecular complexity index is 328. The topological polar surface area (TPSA) is 52.3 Å². The fraction of sp³-hybridized carbons (Fsp3) is 0.364. The number of carbonyl (C=O) groups is 1. The van der Waals surface area contributed by atoms with Gasteiger partial charge in [-0.3, -0.25) is 4.79 Å². The number of esters is 1. The van der Waals surface area contributed by atoms with Crippen molar-refractivity contribution in [2.45, 2.75) is 12.2 Å². The zero-order chi connectivity index (χ0) is 11.1. The molecule has 0 saturated carbocycles. The Morgan fingerprint density at radius 3 is 3.00 bits per heavy atom. The number of ether oxygens (including phenoxy) is 1. The van der Waals surface area contributed by atoms with Crippen molar-refractivity contribution in [2.75, 3.05) is 18.6 Å². The van der Waals surface area contributed by atoms with E-state index in [1.54, 1.807) is 11.8 Å². The Labute approximate surface area is 94.0 Å². The van der Waals surface area contributed by atoms with Crippen molar-refractivity contribution in [3.05, 3.63) is 29.8 Å². The van der Waals surface area contributed by atoms with Gasteiger partial charge in [-0.25, -0.2) is 0 Å². The molecule has 2 N–H and O–H groups in total. The molecule has 0 unspecified atom stereocenters. The van der Waals surface area contributed by atoms with Crippen LogP contribution in [0, 0.1) is 0 Å². The van der Waals surface area contributed by atoms with Gasteiger partial charge in [0.1, 0.15) is 0 Å².